The molecule has 2 rings (SSSR count). The predicted octanol–water partition coefficient (Wildman–Crippen LogP) is -2.53. The molecule has 1 aromatic heterocycles. The Morgan fingerprint density at radius 3 is 2.38 bits per heavy atom. The lowest BCUT2D eigenvalue weighted by Crippen LogP contribution is -3.00. The van der Waals surface area contributed by atoms with Crippen molar-refractivity contribution in [3.8, 4) is 0 Å². The molecule has 1 saturated carbocycles. The van der Waals surface area contributed by atoms with Crippen molar-refractivity contribution in [1.82, 2.24) is 9.97 Å². The molecule has 1 aliphatic carbocycles. The highest BCUT2D eigenvalue weighted by Crippen LogP contribution is 2.49. The monoisotopic (exact) mass is 307 g/mol. The number of nitrogens with zero attached hydrogens (tertiary/aromatic N) is 2. The zero-order chi connectivity index (χ0) is 11.1. The van der Waals surface area contributed by atoms with Gasteiger partial charge in [0.15, 0.2) is 11.4 Å². The second-order valence-electron chi connectivity index (χ2n) is 4.83. The highest BCUT2D eigenvalue weighted by atomic mass is 79.9. The minimum Gasteiger partial charge on any atom is -1.00 e. The molecule has 0 bridgehead atoms. The van der Waals surface area contributed by atoms with Gasteiger partial charge in [0.2, 0.25) is 0 Å². The van der Waals surface area contributed by atoms with Crippen molar-refractivity contribution in [3.63, 3.8) is 0 Å². The minimum atomic E-state index is -0.210. The summed E-state index contributed by atoms with van der Waals surface area (Å²) < 4.78 is 0.874. The molecule has 1 aromatic rings. The van der Waals surface area contributed by atoms with Gasteiger partial charge < -0.3 is 23.2 Å². The van der Waals surface area contributed by atoms with Crippen LogP contribution in [-0.4, -0.2) is 21.7 Å². The van der Waals surface area contributed by atoms with Gasteiger partial charge in [-0.15, -0.1) is 0 Å². The van der Waals surface area contributed by atoms with E-state index in [-0.39, 0.29) is 30.0 Å². The van der Waals surface area contributed by atoms with Gasteiger partial charge in [0.1, 0.15) is 0 Å². The normalized spacial score (nSPS) is 32.8. The predicted molar refractivity (Wildman–Crippen MR) is 58.7 cm³/mol. The van der Waals surface area contributed by atoms with Crippen molar-refractivity contribution in [1.29, 1.82) is 0 Å². The maximum absolute atomic E-state index is 9.19. The molecule has 4 nitrogen and oxygen atoms in total. The summed E-state index contributed by atoms with van der Waals surface area (Å²) in [4.78, 5) is 8.54. The van der Waals surface area contributed by atoms with E-state index < -0.39 is 0 Å². The molecule has 0 amide bonds. The van der Waals surface area contributed by atoms with Crippen molar-refractivity contribution in [3.05, 3.63) is 22.7 Å². The van der Waals surface area contributed by atoms with Gasteiger partial charge >= 0.3 is 0 Å². The zero-order valence-corrected chi connectivity index (χ0v) is 11.4. The third-order valence-electron chi connectivity index (χ3n) is 3.01. The first-order valence-corrected chi connectivity index (χ1v) is 5.71. The fourth-order valence-electron chi connectivity index (χ4n) is 2.44. The number of aliphatic hydroxyl groups is 1. The van der Waals surface area contributed by atoms with Crippen LogP contribution in [0.15, 0.2) is 16.9 Å². The molecule has 4 N–H and O–H groups in total. The van der Waals surface area contributed by atoms with Crippen LogP contribution >= 0.6 is 15.9 Å². The third kappa shape index (κ3) is 2.37. The lowest BCUT2D eigenvalue weighted by molar-refractivity contribution is -0.529. The van der Waals surface area contributed by atoms with E-state index in [9.17, 15) is 5.11 Å². The third-order valence-corrected chi connectivity index (χ3v) is 3.42. The molecule has 90 valence electrons. The summed E-state index contributed by atoms with van der Waals surface area (Å²) in [7, 11) is 0. The summed E-state index contributed by atoms with van der Waals surface area (Å²) in [6, 6.07) is 0. The Balaban J connectivity index is 0.00000128. The van der Waals surface area contributed by atoms with Gasteiger partial charge in [-0.05, 0) is 15.9 Å². The molecule has 1 aliphatic rings. The molecule has 0 aromatic carbocycles. The summed E-state index contributed by atoms with van der Waals surface area (Å²) in [6.45, 7) is 2.27. The van der Waals surface area contributed by atoms with E-state index in [1.54, 1.807) is 12.4 Å². The van der Waals surface area contributed by atoms with Crippen molar-refractivity contribution >= 4 is 15.9 Å². The standard InChI is InChI=1S/C10H14BrN3O.ClH/c1-9(6-15)4-10(12,5-9)8-13-2-7(11)3-14-8;/h2-3,15H,4-6,12H2,1H3;1H. The van der Waals surface area contributed by atoms with Crippen LogP contribution in [0.25, 0.3) is 0 Å². The van der Waals surface area contributed by atoms with Crippen molar-refractivity contribution in [2.24, 2.45) is 5.41 Å². The molecule has 1 fully saturated rings. The molecule has 0 aliphatic heterocycles. The zero-order valence-electron chi connectivity index (χ0n) is 9.08. The second-order valence-corrected chi connectivity index (χ2v) is 5.74. The van der Waals surface area contributed by atoms with Crippen LogP contribution in [0.1, 0.15) is 25.6 Å². The number of quaternary nitrogens is 1. The first-order chi connectivity index (χ1) is 6.97. The lowest BCUT2D eigenvalue weighted by atomic mass is 9.58. The number of hydrogen-bond acceptors (Lipinski definition) is 3. The first kappa shape index (κ1) is 13.8. The Bertz CT molecular complexity index is 365. The van der Waals surface area contributed by atoms with E-state index >= 15 is 0 Å². The van der Waals surface area contributed by atoms with Gasteiger partial charge in [-0.1, -0.05) is 6.92 Å². The molecule has 1 heterocycles. The largest absolute Gasteiger partial charge is 1.00 e. The van der Waals surface area contributed by atoms with Crippen LogP contribution < -0.4 is 18.1 Å². The van der Waals surface area contributed by atoms with E-state index in [2.05, 4.69) is 38.6 Å². The highest BCUT2D eigenvalue weighted by molar-refractivity contribution is 9.10. The average Bonchev–Trinajstić information content (AvgIpc) is 2.16. The van der Waals surface area contributed by atoms with Gasteiger partial charge in [0, 0.05) is 37.3 Å². The molecule has 0 radical (unpaired) electrons. The van der Waals surface area contributed by atoms with Crippen molar-refractivity contribution in [2.45, 2.75) is 25.3 Å². The molecule has 0 atom stereocenters. The fourth-order valence-corrected chi connectivity index (χ4v) is 2.64. The second kappa shape index (κ2) is 4.56. The highest BCUT2D eigenvalue weighted by Gasteiger charge is 2.55. The minimum absolute atomic E-state index is 0. The summed E-state index contributed by atoms with van der Waals surface area (Å²) in [5, 5.41) is 9.19. The van der Waals surface area contributed by atoms with E-state index in [0.717, 1.165) is 23.1 Å². The Labute approximate surface area is 109 Å². The van der Waals surface area contributed by atoms with Gasteiger partial charge in [-0.2, -0.15) is 0 Å². The van der Waals surface area contributed by atoms with Gasteiger partial charge in [-0.25, -0.2) is 9.97 Å². The Morgan fingerprint density at radius 2 is 1.94 bits per heavy atom. The van der Waals surface area contributed by atoms with Gasteiger partial charge in [0.25, 0.3) is 0 Å². The molecule has 16 heavy (non-hydrogen) atoms. The first-order valence-electron chi connectivity index (χ1n) is 4.92. The average molecular weight is 309 g/mol. The van der Waals surface area contributed by atoms with Crippen LogP contribution in [0, 0.1) is 5.41 Å². The molecular weight excluding hydrogens is 293 g/mol. The van der Waals surface area contributed by atoms with Crippen LogP contribution in [0.5, 0.6) is 0 Å². The summed E-state index contributed by atoms with van der Waals surface area (Å²) >= 11 is 3.30. The summed E-state index contributed by atoms with van der Waals surface area (Å²) in [5.41, 5.74) is 3.96. The van der Waals surface area contributed by atoms with E-state index in [1.807, 2.05) is 0 Å². The Kier molecular flexibility index (Phi) is 3.95. The number of halogens is 2. The van der Waals surface area contributed by atoms with Gasteiger partial charge in [0.05, 0.1) is 4.47 Å². The summed E-state index contributed by atoms with van der Waals surface area (Å²) in [6.07, 6.45) is 5.17. The van der Waals surface area contributed by atoms with E-state index in [1.165, 1.54) is 0 Å². The van der Waals surface area contributed by atoms with Crippen LogP contribution in [0.2, 0.25) is 0 Å². The number of aromatic nitrogens is 2. The SMILES string of the molecule is CC1(CO)CC([NH3+])(c2ncc(Br)cn2)C1.[Cl-]. The van der Waals surface area contributed by atoms with Crippen LogP contribution in [0.4, 0.5) is 0 Å². The Hall–Kier alpha value is -0.230. The van der Waals surface area contributed by atoms with E-state index in [0.29, 0.717) is 0 Å². The van der Waals surface area contributed by atoms with Crippen molar-refractivity contribution < 1.29 is 23.2 Å². The fraction of sp³-hybridized carbons (Fsp3) is 0.600. The van der Waals surface area contributed by atoms with Crippen LogP contribution in [-0.2, 0) is 5.54 Å². The lowest BCUT2D eigenvalue weighted by Gasteiger charge is -2.47. The van der Waals surface area contributed by atoms with Crippen LogP contribution in [0.3, 0.4) is 0 Å². The number of rotatable bonds is 2. The Morgan fingerprint density at radius 1 is 1.44 bits per heavy atom. The molecule has 0 spiro atoms. The smallest absolute Gasteiger partial charge is 0.190 e. The quantitative estimate of drug-likeness (QED) is 0.633. The number of hydrogen-bond donors (Lipinski definition) is 2. The molecule has 0 unspecified atom stereocenters. The van der Waals surface area contributed by atoms with Gasteiger partial charge in [-0.3, -0.25) is 0 Å². The maximum atomic E-state index is 9.19. The molecular formula is C10H15BrClN3O. The molecule has 6 heteroatoms. The maximum Gasteiger partial charge on any atom is 0.190 e. The molecule has 0 saturated heterocycles. The van der Waals surface area contributed by atoms with Crippen molar-refractivity contribution in [2.75, 3.05) is 6.61 Å². The van der Waals surface area contributed by atoms with E-state index in [4.69, 9.17) is 0 Å². The topological polar surface area (TPSA) is 73.7 Å². The number of aliphatic hydroxyl groups excluding tert-OH is 1. The summed E-state index contributed by atoms with van der Waals surface area (Å²) in [5.74, 6) is 0.775.